The van der Waals surface area contributed by atoms with E-state index in [-0.39, 0.29) is 11.4 Å². The van der Waals surface area contributed by atoms with E-state index in [9.17, 15) is 4.79 Å². The number of nitrogens with zero attached hydrogens (tertiary/aromatic N) is 1. The molecule has 0 unspecified atom stereocenters. The van der Waals surface area contributed by atoms with E-state index in [4.69, 9.17) is 11.6 Å². The Morgan fingerprint density at radius 3 is 2.61 bits per heavy atom. The van der Waals surface area contributed by atoms with Gasteiger partial charge in [-0.3, -0.25) is 4.79 Å². The van der Waals surface area contributed by atoms with Crippen molar-refractivity contribution in [2.45, 2.75) is 52.5 Å². The van der Waals surface area contributed by atoms with Crippen LogP contribution in [0.1, 0.15) is 56.6 Å². The zero-order valence-electron chi connectivity index (χ0n) is 11.5. The Morgan fingerprint density at radius 2 is 2.06 bits per heavy atom. The fraction of sp³-hybridized carbons (Fsp3) is 0.571. The van der Waals surface area contributed by atoms with Crippen LogP contribution >= 0.6 is 11.6 Å². The number of aromatic nitrogens is 1. The number of carbonyl (C=O) groups excluding carboxylic acids is 1. The molecule has 0 aliphatic heterocycles. The molecule has 0 spiro atoms. The molecule has 3 nitrogen and oxygen atoms in total. The number of carbonyl (C=O) groups is 1. The average molecular weight is 269 g/mol. The molecule has 0 bridgehead atoms. The normalized spacial score (nSPS) is 11.4. The maximum Gasteiger partial charge on any atom is 0.251 e. The van der Waals surface area contributed by atoms with E-state index in [1.807, 2.05) is 26.8 Å². The van der Waals surface area contributed by atoms with Crippen molar-refractivity contribution in [3.63, 3.8) is 0 Å². The Kier molecular flexibility index (Phi) is 5.15. The highest BCUT2D eigenvalue weighted by molar-refractivity contribution is 6.29. The van der Waals surface area contributed by atoms with Crippen molar-refractivity contribution in [2.75, 3.05) is 0 Å². The van der Waals surface area contributed by atoms with Crippen molar-refractivity contribution in [1.29, 1.82) is 0 Å². The minimum absolute atomic E-state index is 0.0940. The smallest absolute Gasteiger partial charge is 0.251 e. The lowest BCUT2D eigenvalue weighted by molar-refractivity contribution is 0.0911. The second-order valence-electron chi connectivity index (χ2n) is 5.11. The van der Waals surface area contributed by atoms with Gasteiger partial charge in [0.1, 0.15) is 5.15 Å². The van der Waals surface area contributed by atoms with Crippen LogP contribution in [0.25, 0.3) is 0 Å². The van der Waals surface area contributed by atoms with Gasteiger partial charge < -0.3 is 5.32 Å². The van der Waals surface area contributed by atoms with Crippen molar-refractivity contribution in [1.82, 2.24) is 10.3 Å². The number of pyridine rings is 1. The molecule has 100 valence electrons. The summed E-state index contributed by atoms with van der Waals surface area (Å²) in [5, 5.41) is 3.37. The number of nitrogens with one attached hydrogen (secondary N) is 1. The largest absolute Gasteiger partial charge is 0.347 e. The summed E-state index contributed by atoms with van der Waals surface area (Å²) in [7, 11) is 0. The third-order valence-electron chi connectivity index (χ3n) is 2.95. The summed E-state index contributed by atoms with van der Waals surface area (Å²) in [6.07, 6.45) is 2.69. The number of amides is 1. The highest BCUT2D eigenvalue weighted by Gasteiger charge is 2.19. The molecule has 0 radical (unpaired) electrons. The Hall–Kier alpha value is -1.09. The number of aryl methyl sites for hydroxylation is 1. The Bertz CT molecular complexity index is 430. The van der Waals surface area contributed by atoms with Crippen LogP contribution in [-0.4, -0.2) is 16.4 Å². The summed E-state index contributed by atoms with van der Waals surface area (Å²) < 4.78 is 0. The summed E-state index contributed by atoms with van der Waals surface area (Å²) in [4.78, 5) is 16.3. The maximum absolute atomic E-state index is 12.1. The van der Waals surface area contributed by atoms with Gasteiger partial charge >= 0.3 is 0 Å². The molecule has 1 heterocycles. The third-order valence-corrected chi connectivity index (χ3v) is 3.14. The molecule has 0 fully saturated rings. The van der Waals surface area contributed by atoms with Crippen molar-refractivity contribution < 1.29 is 4.79 Å². The molecule has 0 aliphatic rings. The van der Waals surface area contributed by atoms with Crippen LogP contribution in [0.3, 0.4) is 0 Å². The van der Waals surface area contributed by atoms with Gasteiger partial charge in [-0.2, -0.15) is 0 Å². The first kappa shape index (κ1) is 15.0. The van der Waals surface area contributed by atoms with Crippen LogP contribution in [0.5, 0.6) is 0 Å². The fourth-order valence-electron chi connectivity index (χ4n) is 1.53. The Morgan fingerprint density at radius 1 is 1.39 bits per heavy atom. The minimum Gasteiger partial charge on any atom is -0.347 e. The second-order valence-corrected chi connectivity index (χ2v) is 5.50. The monoisotopic (exact) mass is 268 g/mol. The predicted molar refractivity (Wildman–Crippen MR) is 75.1 cm³/mol. The van der Waals surface area contributed by atoms with Crippen LogP contribution in [0, 0.1) is 0 Å². The van der Waals surface area contributed by atoms with E-state index in [2.05, 4.69) is 17.2 Å². The molecule has 0 aromatic carbocycles. The van der Waals surface area contributed by atoms with Crippen molar-refractivity contribution in [2.24, 2.45) is 0 Å². The van der Waals surface area contributed by atoms with E-state index in [1.165, 1.54) is 0 Å². The second kappa shape index (κ2) is 6.19. The number of hydrogen-bond acceptors (Lipinski definition) is 2. The summed E-state index contributed by atoms with van der Waals surface area (Å²) in [5.74, 6) is -0.0940. The Balaban J connectivity index is 2.92. The van der Waals surface area contributed by atoms with Gasteiger partial charge in [0.15, 0.2) is 0 Å². The van der Waals surface area contributed by atoms with Gasteiger partial charge in [-0.15, -0.1) is 0 Å². The molecule has 0 aliphatic carbocycles. The summed E-state index contributed by atoms with van der Waals surface area (Å²) in [6.45, 7) is 8.12. The maximum atomic E-state index is 12.1. The number of halogens is 1. The van der Waals surface area contributed by atoms with E-state index in [0.717, 1.165) is 25.0 Å². The van der Waals surface area contributed by atoms with Crippen LogP contribution in [0.15, 0.2) is 12.1 Å². The Labute approximate surface area is 114 Å². The molecule has 0 saturated carbocycles. The quantitative estimate of drug-likeness (QED) is 0.829. The van der Waals surface area contributed by atoms with Gasteiger partial charge in [-0.25, -0.2) is 4.98 Å². The van der Waals surface area contributed by atoms with Crippen molar-refractivity contribution in [3.05, 3.63) is 28.5 Å². The minimum atomic E-state index is -0.211. The number of rotatable bonds is 5. The van der Waals surface area contributed by atoms with E-state index in [1.54, 1.807) is 6.07 Å². The molecule has 1 aromatic rings. The molecule has 4 heteroatoms. The first-order chi connectivity index (χ1) is 8.38. The average Bonchev–Trinajstić information content (AvgIpc) is 2.28. The lowest BCUT2D eigenvalue weighted by Crippen LogP contribution is -2.42. The fourth-order valence-corrected chi connectivity index (χ4v) is 1.76. The standard InChI is InChI=1S/C14H21ClN2O/c1-5-7-11-8-10(9-12(15)16-11)13(18)17-14(3,4)6-2/h8-9H,5-7H2,1-4H3,(H,17,18). The molecule has 0 atom stereocenters. The highest BCUT2D eigenvalue weighted by Crippen LogP contribution is 2.14. The highest BCUT2D eigenvalue weighted by atomic mass is 35.5. The molecule has 18 heavy (non-hydrogen) atoms. The molecule has 1 N–H and O–H groups in total. The third kappa shape index (κ3) is 4.30. The molecular formula is C14H21ClN2O. The summed E-state index contributed by atoms with van der Waals surface area (Å²) in [5.41, 5.74) is 1.24. The lowest BCUT2D eigenvalue weighted by Gasteiger charge is -2.24. The summed E-state index contributed by atoms with van der Waals surface area (Å²) in [6, 6.07) is 3.43. The van der Waals surface area contributed by atoms with Gasteiger partial charge in [0.05, 0.1) is 0 Å². The molecule has 0 saturated heterocycles. The predicted octanol–water partition coefficient (Wildman–Crippen LogP) is 3.61. The van der Waals surface area contributed by atoms with E-state index < -0.39 is 0 Å². The van der Waals surface area contributed by atoms with Crippen LogP contribution < -0.4 is 5.32 Å². The zero-order chi connectivity index (χ0) is 13.8. The van der Waals surface area contributed by atoms with Crippen molar-refractivity contribution in [3.8, 4) is 0 Å². The molecule has 1 aromatic heterocycles. The van der Waals surface area contributed by atoms with Crippen LogP contribution in [0.4, 0.5) is 0 Å². The van der Waals surface area contributed by atoms with Crippen LogP contribution in [0.2, 0.25) is 5.15 Å². The molecule has 1 amide bonds. The molecular weight excluding hydrogens is 248 g/mol. The zero-order valence-corrected chi connectivity index (χ0v) is 12.3. The van der Waals surface area contributed by atoms with E-state index >= 15 is 0 Å². The number of hydrogen-bond donors (Lipinski definition) is 1. The topological polar surface area (TPSA) is 42.0 Å². The summed E-state index contributed by atoms with van der Waals surface area (Å²) >= 11 is 5.94. The first-order valence-corrected chi connectivity index (χ1v) is 6.74. The van der Waals surface area contributed by atoms with Gasteiger partial charge in [-0.1, -0.05) is 31.9 Å². The van der Waals surface area contributed by atoms with Gasteiger partial charge in [0, 0.05) is 16.8 Å². The van der Waals surface area contributed by atoms with E-state index in [0.29, 0.717) is 10.7 Å². The molecule has 1 rings (SSSR count). The van der Waals surface area contributed by atoms with Gasteiger partial charge in [0.25, 0.3) is 5.91 Å². The lowest BCUT2D eigenvalue weighted by atomic mass is 10.0. The van der Waals surface area contributed by atoms with Crippen molar-refractivity contribution >= 4 is 17.5 Å². The first-order valence-electron chi connectivity index (χ1n) is 6.37. The van der Waals surface area contributed by atoms with Gasteiger partial charge in [-0.05, 0) is 38.8 Å². The van der Waals surface area contributed by atoms with Gasteiger partial charge in [0.2, 0.25) is 0 Å². The van der Waals surface area contributed by atoms with Crippen LogP contribution in [-0.2, 0) is 6.42 Å². The SMILES string of the molecule is CCCc1cc(C(=O)NC(C)(C)CC)cc(Cl)n1.